The Balaban J connectivity index is 1.34. The standard InChI is InChI=1S/C49H51FN2/c1-9-12-15-30-26-33-23-25-52-46-42(33)38(27-30)48(6,7)44-39(50)21-20-35(43(44)46)34(29-49(52,10-2)11-3)28-32-17-14-19-37-41(32)45-40-31(22-24-51(45)8)16-13-18-36(40)47(37,4)5/h13-14,16-27,29H,9-12,15,28H2,1-8H3/q+2. The largest absolute Gasteiger partial charge is 0.222 e. The van der Waals surface area contributed by atoms with Crippen LogP contribution in [0.5, 0.6) is 0 Å². The number of rotatable bonds is 7. The maximum absolute atomic E-state index is 16.7. The SMILES string of the molecule is CCCCc1cc2c3c4[n+](ccc3c1)C(CC)(CC)C=C(Cc1cccc3c1-c1c5c(cccc5cc[n+]1C)C3(C)C)c1ccc(F)c(c1-4)C2(C)C. The van der Waals surface area contributed by atoms with Gasteiger partial charge >= 0.3 is 0 Å². The molecule has 2 aliphatic carbocycles. The number of halogens is 1. The third-order valence-electron chi connectivity index (χ3n) is 13.4. The summed E-state index contributed by atoms with van der Waals surface area (Å²) in [5, 5.41) is 5.20. The summed E-state index contributed by atoms with van der Waals surface area (Å²) in [5.74, 6) is -0.106. The van der Waals surface area contributed by atoms with Gasteiger partial charge < -0.3 is 0 Å². The number of unbranched alkanes of at least 4 members (excludes halogenated alkanes) is 1. The van der Waals surface area contributed by atoms with Crippen LogP contribution in [0.25, 0.3) is 49.6 Å². The highest BCUT2D eigenvalue weighted by molar-refractivity contribution is 6.04. The Hall–Kier alpha value is -4.63. The van der Waals surface area contributed by atoms with Crippen molar-refractivity contribution in [2.75, 3.05) is 0 Å². The molecule has 0 amide bonds. The summed E-state index contributed by atoms with van der Waals surface area (Å²) in [6.45, 7) is 16.2. The van der Waals surface area contributed by atoms with Gasteiger partial charge in [-0.25, -0.2) is 8.96 Å². The number of pyridine rings is 2. The van der Waals surface area contributed by atoms with Crippen LogP contribution in [0.2, 0.25) is 0 Å². The van der Waals surface area contributed by atoms with Gasteiger partial charge in [-0.1, -0.05) is 109 Å². The molecule has 9 rings (SSSR count). The molecule has 0 saturated carbocycles. The van der Waals surface area contributed by atoms with Crippen LogP contribution in [0, 0.1) is 5.82 Å². The summed E-state index contributed by atoms with van der Waals surface area (Å²) in [6, 6.07) is 27.0. The molecule has 0 unspecified atom stereocenters. The maximum Gasteiger partial charge on any atom is 0.222 e. The number of fused-ring (bicyclic) bond motifs is 2. The number of allylic oxidation sites excluding steroid dienone is 2. The van der Waals surface area contributed by atoms with Gasteiger partial charge in [0.2, 0.25) is 11.4 Å². The average molecular weight is 687 g/mol. The molecule has 1 aliphatic heterocycles. The molecule has 0 spiro atoms. The fraction of sp³-hybridized carbons (Fsp3) is 0.347. The number of hydrogen-bond donors (Lipinski definition) is 0. The molecule has 0 saturated heterocycles. The Bertz CT molecular complexity index is 2530. The summed E-state index contributed by atoms with van der Waals surface area (Å²) in [5.41, 5.74) is 14.0. The molecule has 2 nitrogen and oxygen atoms in total. The zero-order valence-corrected chi connectivity index (χ0v) is 32.2. The van der Waals surface area contributed by atoms with E-state index in [0.29, 0.717) is 0 Å². The lowest BCUT2D eigenvalue weighted by Gasteiger charge is -2.36. The van der Waals surface area contributed by atoms with E-state index >= 15 is 4.39 Å². The van der Waals surface area contributed by atoms with E-state index in [0.717, 1.165) is 49.7 Å². The first-order chi connectivity index (χ1) is 25.0. The number of aryl methyl sites for hydroxylation is 2. The number of hydrogen-bond acceptors (Lipinski definition) is 0. The first-order valence-electron chi connectivity index (χ1n) is 19.6. The van der Waals surface area contributed by atoms with E-state index in [-0.39, 0.29) is 16.8 Å². The molecule has 52 heavy (non-hydrogen) atoms. The Labute approximate surface area is 308 Å². The van der Waals surface area contributed by atoms with E-state index < -0.39 is 5.41 Å². The number of aromatic nitrogens is 2. The van der Waals surface area contributed by atoms with Crippen molar-refractivity contribution < 1.29 is 13.5 Å². The molecule has 0 atom stereocenters. The second kappa shape index (κ2) is 11.4. The molecule has 0 fully saturated rings. The summed E-state index contributed by atoms with van der Waals surface area (Å²) < 4.78 is 21.6. The van der Waals surface area contributed by atoms with Crippen LogP contribution in [0.3, 0.4) is 0 Å². The first-order valence-corrected chi connectivity index (χ1v) is 19.6. The minimum absolute atomic E-state index is 0.106. The highest BCUT2D eigenvalue weighted by Crippen LogP contribution is 2.54. The molecule has 4 aromatic carbocycles. The lowest BCUT2D eigenvalue weighted by atomic mass is 9.67. The van der Waals surface area contributed by atoms with E-state index in [4.69, 9.17) is 0 Å². The van der Waals surface area contributed by atoms with Crippen molar-refractivity contribution in [1.82, 2.24) is 0 Å². The van der Waals surface area contributed by atoms with Crippen molar-refractivity contribution in [2.24, 2.45) is 7.05 Å². The van der Waals surface area contributed by atoms with Crippen molar-refractivity contribution in [1.29, 1.82) is 0 Å². The molecule has 0 radical (unpaired) electrons. The lowest BCUT2D eigenvalue weighted by Crippen LogP contribution is -2.56. The van der Waals surface area contributed by atoms with E-state index in [1.54, 1.807) is 6.07 Å². The predicted octanol–water partition coefficient (Wildman–Crippen LogP) is 11.4. The summed E-state index contributed by atoms with van der Waals surface area (Å²) in [7, 11) is 2.19. The molecular formula is C49H51FN2+2. The normalized spacial score (nSPS) is 16.8. The van der Waals surface area contributed by atoms with Crippen molar-refractivity contribution in [2.45, 2.75) is 103 Å². The summed E-state index contributed by atoms with van der Waals surface area (Å²) in [4.78, 5) is 0. The zero-order chi connectivity index (χ0) is 36.3. The smallest absolute Gasteiger partial charge is 0.207 e. The van der Waals surface area contributed by atoms with Gasteiger partial charge in [0.15, 0.2) is 17.9 Å². The Morgan fingerprint density at radius 3 is 2.19 bits per heavy atom. The van der Waals surface area contributed by atoms with Gasteiger partial charge in [0.05, 0.1) is 21.9 Å². The Kier molecular flexibility index (Phi) is 7.30. The highest BCUT2D eigenvalue weighted by atomic mass is 19.1. The Morgan fingerprint density at radius 1 is 0.692 bits per heavy atom. The van der Waals surface area contributed by atoms with Gasteiger partial charge in [-0.05, 0) is 81.1 Å². The molecule has 0 bridgehead atoms. The quantitative estimate of drug-likeness (QED) is 0.148. The van der Waals surface area contributed by atoms with Gasteiger partial charge in [-0.2, -0.15) is 4.57 Å². The summed E-state index contributed by atoms with van der Waals surface area (Å²) in [6.07, 6.45) is 13.1. The molecular weight excluding hydrogens is 636 g/mol. The summed E-state index contributed by atoms with van der Waals surface area (Å²) >= 11 is 0. The zero-order valence-electron chi connectivity index (χ0n) is 32.2. The van der Waals surface area contributed by atoms with E-state index in [9.17, 15) is 0 Å². The van der Waals surface area contributed by atoms with Crippen LogP contribution in [0.1, 0.15) is 113 Å². The molecule has 3 aliphatic rings. The van der Waals surface area contributed by atoms with Crippen LogP contribution in [0.15, 0.2) is 91.3 Å². The fourth-order valence-electron chi connectivity index (χ4n) is 10.5. The number of nitrogens with zero attached hydrogens (tertiary/aromatic N) is 2. The fourth-order valence-corrected chi connectivity index (χ4v) is 10.5. The molecule has 0 N–H and O–H groups in total. The Morgan fingerprint density at radius 2 is 1.42 bits per heavy atom. The van der Waals surface area contributed by atoms with Crippen molar-refractivity contribution in [3.63, 3.8) is 0 Å². The van der Waals surface area contributed by atoms with E-state index in [2.05, 4.69) is 150 Å². The molecule has 6 aromatic rings. The third kappa shape index (κ3) is 4.35. The molecule has 2 aromatic heterocycles. The van der Waals surface area contributed by atoms with E-state index in [1.165, 1.54) is 77.5 Å². The van der Waals surface area contributed by atoms with Crippen molar-refractivity contribution in [3.8, 4) is 22.5 Å². The highest BCUT2D eigenvalue weighted by Gasteiger charge is 2.48. The first kappa shape index (κ1) is 33.2. The van der Waals surface area contributed by atoms with Crippen LogP contribution in [0.4, 0.5) is 4.39 Å². The van der Waals surface area contributed by atoms with Crippen LogP contribution >= 0.6 is 0 Å². The van der Waals surface area contributed by atoms with Gasteiger partial charge in [-0.15, -0.1) is 0 Å². The van der Waals surface area contributed by atoms with Crippen molar-refractivity contribution >= 4 is 27.1 Å². The van der Waals surface area contributed by atoms with Crippen molar-refractivity contribution in [3.05, 3.63) is 136 Å². The van der Waals surface area contributed by atoms with Crippen LogP contribution < -0.4 is 9.13 Å². The van der Waals surface area contributed by atoms with Gasteiger partial charge in [0.25, 0.3) is 0 Å². The minimum Gasteiger partial charge on any atom is -0.207 e. The average Bonchev–Trinajstić information content (AvgIpc) is 3.25. The van der Waals surface area contributed by atoms with Gasteiger partial charge in [0, 0.05) is 41.4 Å². The molecule has 3 heteroatoms. The second-order valence-electron chi connectivity index (χ2n) is 16.9. The molecule has 262 valence electrons. The van der Waals surface area contributed by atoms with Crippen LogP contribution in [-0.2, 0) is 36.3 Å². The van der Waals surface area contributed by atoms with Crippen LogP contribution in [-0.4, -0.2) is 0 Å². The second-order valence-corrected chi connectivity index (χ2v) is 16.9. The third-order valence-corrected chi connectivity index (χ3v) is 13.4. The van der Waals surface area contributed by atoms with E-state index in [1.807, 2.05) is 0 Å². The van der Waals surface area contributed by atoms with Gasteiger partial charge in [0.1, 0.15) is 12.9 Å². The van der Waals surface area contributed by atoms with Gasteiger partial charge in [-0.3, -0.25) is 0 Å². The maximum atomic E-state index is 16.7. The topological polar surface area (TPSA) is 7.76 Å². The lowest BCUT2D eigenvalue weighted by molar-refractivity contribution is -0.742. The predicted molar refractivity (Wildman–Crippen MR) is 213 cm³/mol. The number of benzene rings is 4. The monoisotopic (exact) mass is 686 g/mol. The minimum atomic E-state index is -0.498. The molecule has 3 heterocycles.